The third kappa shape index (κ3) is 4.50. The SMILES string of the molecule is N=C1C(=NN)C(N)C(c2ccc(-c3ccc(C4(S(=O)(=O)O)c5ccccc5C(=N)C(=NN)C4N)c(F)c3)cc2F)(S(=O)(=O)O)c2ccccc21. The van der Waals surface area contributed by atoms with E-state index >= 15 is 8.78 Å². The molecule has 6 rings (SSSR count). The zero-order valence-electron chi connectivity index (χ0n) is 25.5. The van der Waals surface area contributed by atoms with Crippen molar-refractivity contribution in [2.75, 3.05) is 0 Å². The number of halogens is 2. The summed E-state index contributed by atoms with van der Waals surface area (Å²) in [4.78, 5) is 0. The highest BCUT2D eigenvalue weighted by Gasteiger charge is 2.60. The number of rotatable bonds is 5. The van der Waals surface area contributed by atoms with Gasteiger partial charge in [0.25, 0.3) is 20.2 Å². The highest BCUT2D eigenvalue weighted by atomic mass is 32.2. The summed E-state index contributed by atoms with van der Waals surface area (Å²) < 4.78 is 102. The molecule has 0 radical (unpaired) electrons. The molecule has 0 heterocycles. The van der Waals surface area contributed by atoms with Crippen LogP contribution < -0.4 is 23.2 Å². The van der Waals surface area contributed by atoms with E-state index in [4.69, 9.17) is 34.0 Å². The summed E-state index contributed by atoms with van der Waals surface area (Å²) in [7, 11) is -10.7. The van der Waals surface area contributed by atoms with E-state index in [0.29, 0.717) is 0 Å². The molecule has 0 aliphatic heterocycles. The molecule has 4 unspecified atom stereocenters. The Hall–Kier alpha value is -5.24. The van der Waals surface area contributed by atoms with Gasteiger partial charge in [0.1, 0.15) is 23.1 Å². The van der Waals surface area contributed by atoms with Gasteiger partial charge in [-0.2, -0.15) is 27.0 Å². The number of nitrogens with one attached hydrogen (secondary N) is 2. The predicted molar refractivity (Wildman–Crippen MR) is 182 cm³/mol. The fourth-order valence-electron chi connectivity index (χ4n) is 7.14. The second-order valence-corrected chi connectivity index (χ2v) is 14.8. The smallest absolute Gasteiger partial charge is 0.281 e. The van der Waals surface area contributed by atoms with Crippen LogP contribution in [0.3, 0.4) is 0 Å². The lowest BCUT2D eigenvalue weighted by molar-refractivity contribution is 0.427. The van der Waals surface area contributed by atoms with Crippen molar-refractivity contribution in [3.8, 4) is 11.1 Å². The van der Waals surface area contributed by atoms with Crippen molar-refractivity contribution in [1.29, 1.82) is 10.8 Å². The van der Waals surface area contributed by atoms with Crippen LogP contribution in [0.25, 0.3) is 11.1 Å². The first-order chi connectivity index (χ1) is 23.5. The highest BCUT2D eigenvalue weighted by molar-refractivity contribution is 7.87. The number of hydrogen-bond donors (Lipinski definition) is 8. The molecule has 0 saturated heterocycles. The topological polar surface area (TPSA) is 285 Å². The lowest BCUT2D eigenvalue weighted by Crippen LogP contribution is -2.61. The molecule has 2 aliphatic carbocycles. The average molecular weight is 723 g/mol. The summed E-state index contributed by atoms with van der Waals surface area (Å²) in [5.41, 5.74) is 9.39. The zero-order valence-corrected chi connectivity index (χ0v) is 27.2. The molecule has 0 fully saturated rings. The molecule has 0 bridgehead atoms. The van der Waals surface area contributed by atoms with Crippen molar-refractivity contribution >= 4 is 43.1 Å². The minimum absolute atomic E-state index is 0.0228. The van der Waals surface area contributed by atoms with Crippen molar-refractivity contribution in [1.82, 2.24) is 0 Å². The summed E-state index contributed by atoms with van der Waals surface area (Å²) in [6.45, 7) is 0. The van der Waals surface area contributed by atoms with Crippen LogP contribution in [0.4, 0.5) is 8.78 Å². The molecule has 4 aromatic carbocycles. The molecular formula is C32H28F2N8O6S2. The lowest BCUT2D eigenvalue weighted by Gasteiger charge is -2.42. The third-order valence-corrected chi connectivity index (χ3v) is 12.3. The summed E-state index contributed by atoms with van der Waals surface area (Å²) in [6, 6.07) is 13.6. The number of benzene rings is 4. The Labute approximate surface area is 284 Å². The standard InChI is InChI=1S/C32H28F2N8O6S2/c33-23-13-15(9-11-21(23)31(49(43,44)45)19-7-3-1-5-17(19)25(35)27(41-39)29(31)37)16-10-12-22(24(34)14-16)32(50(46,47)48)20-8-4-2-6-18(20)26(36)28(42-40)30(32)38/h1-14,29-30,35-36H,37-40H2,(H,43,44,45)(H,46,47,48). The molecular weight excluding hydrogens is 695 g/mol. The fraction of sp³-hybridized carbons (Fsp3) is 0.125. The molecule has 0 saturated carbocycles. The molecule has 4 atom stereocenters. The minimum atomic E-state index is -5.34. The summed E-state index contributed by atoms with van der Waals surface area (Å²) >= 11 is 0. The summed E-state index contributed by atoms with van der Waals surface area (Å²) in [5.74, 6) is 8.53. The van der Waals surface area contributed by atoms with Crippen LogP contribution in [-0.2, 0) is 29.7 Å². The van der Waals surface area contributed by atoms with E-state index < -0.39 is 76.0 Å². The van der Waals surface area contributed by atoms with Crippen molar-refractivity contribution in [3.05, 3.63) is 130 Å². The van der Waals surface area contributed by atoms with Gasteiger partial charge in [-0.15, -0.1) is 0 Å². The molecule has 12 N–H and O–H groups in total. The average Bonchev–Trinajstić information content (AvgIpc) is 3.05. The van der Waals surface area contributed by atoms with Crippen molar-refractivity contribution < 1.29 is 34.7 Å². The van der Waals surface area contributed by atoms with E-state index in [2.05, 4.69) is 10.2 Å². The van der Waals surface area contributed by atoms with Crippen LogP contribution in [0.5, 0.6) is 0 Å². The lowest BCUT2D eigenvalue weighted by atomic mass is 9.72. The van der Waals surface area contributed by atoms with Crippen LogP contribution in [-0.4, -0.2) is 60.9 Å². The maximum atomic E-state index is 16.3. The van der Waals surface area contributed by atoms with E-state index in [1.807, 2.05) is 0 Å². The van der Waals surface area contributed by atoms with Crippen molar-refractivity contribution in [3.63, 3.8) is 0 Å². The Kier molecular flexibility index (Phi) is 8.09. The largest absolute Gasteiger partial charge is 0.323 e. The normalized spacial score (nSPS) is 25.4. The Bertz CT molecular complexity index is 2270. The van der Waals surface area contributed by atoms with Gasteiger partial charge in [-0.1, -0.05) is 72.8 Å². The Balaban J connectivity index is 1.55. The molecule has 0 aromatic heterocycles. The van der Waals surface area contributed by atoms with Gasteiger partial charge in [-0.05, 0) is 34.4 Å². The van der Waals surface area contributed by atoms with Gasteiger partial charge in [0.05, 0.1) is 23.5 Å². The second-order valence-electron chi connectivity index (χ2n) is 11.6. The van der Waals surface area contributed by atoms with Crippen LogP contribution >= 0.6 is 0 Å². The zero-order chi connectivity index (χ0) is 36.6. The van der Waals surface area contributed by atoms with Gasteiger partial charge >= 0.3 is 0 Å². The van der Waals surface area contributed by atoms with Crippen molar-refractivity contribution in [2.45, 2.75) is 21.6 Å². The molecule has 14 nitrogen and oxygen atoms in total. The molecule has 258 valence electrons. The van der Waals surface area contributed by atoms with E-state index in [-0.39, 0.29) is 44.8 Å². The molecule has 4 aromatic rings. The maximum Gasteiger partial charge on any atom is 0.281 e. The fourth-order valence-corrected chi connectivity index (χ4v) is 9.80. The summed E-state index contributed by atoms with van der Waals surface area (Å²) in [6.07, 6.45) is 0. The van der Waals surface area contributed by atoms with Crippen LogP contribution in [0.15, 0.2) is 95.1 Å². The first-order valence-electron chi connectivity index (χ1n) is 14.5. The van der Waals surface area contributed by atoms with Crippen LogP contribution in [0, 0.1) is 22.5 Å². The third-order valence-electron chi connectivity index (χ3n) is 9.33. The minimum Gasteiger partial charge on any atom is -0.323 e. The maximum absolute atomic E-state index is 16.3. The Morgan fingerprint density at radius 1 is 0.600 bits per heavy atom. The monoisotopic (exact) mass is 722 g/mol. The molecule has 18 heteroatoms. The van der Waals surface area contributed by atoms with E-state index in [0.717, 1.165) is 24.3 Å². The summed E-state index contributed by atoms with van der Waals surface area (Å²) in [5, 5.41) is 23.9. The first-order valence-corrected chi connectivity index (χ1v) is 17.4. The van der Waals surface area contributed by atoms with E-state index in [1.165, 1.54) is 60.7 Å². The molecule has 2 aliphatic rings. The van der Waals surface area contributed by atoms with Crippen molar-refractivity contribution in [2.24, 2.45) is 33.4 Å². The quantitative estimate of drug-likeness (QED) is 0.0841. The number of hydrogen-bond acceptors (Lipinski definition) is 12. The van der Waals surface area contributed by atoms with Crippen LogP contribution in [0.2, 0.25) is 0 Å². The molecule has 0 amide bonds. The Morgan fingerprint density at radius 2 is 0.940 bits per heavy atom. The van der Waals surface area contributed by atoms with Gasteiger partial charge in [-0.3, -0.25) is 19.9 Å². The van der Waals surface area contributed by atoms with Gasteiger partial charge in [0.15, 0.2) is 9.49 Å². The predicted octanol–water partition coefficient (Wildman–Crippen LogP) is 1.94. The highest BCUT2D eigenvalue weighted by Crippen LogP contribution is 2.48. The second kappa shape index (κ2) is 11.7. The molecule has 50 heavy (non-hydrogen) atoms. The van der Waals surface area contributed by atoms with Gasteiger partial charge in [0.2, 0.25) is 0 Å². The van der Waals surface area contributed by atoms with Crippen LogP contribution in [0.1, 0.15) is 33.4 Å². The first kappa shape index (κ1) is 34.6. The Morgan fingerprint density at radius 3 is 1.24 bits per heavy atom. The van der Waals surface area contributed by atoms with Gasteiger partial charge in [-0.25, -0.2) is 8.78 Å². The number of fused-ring (bicyclic) bond motifs is 2. The number of nitrogens with two attached hydrogens (primary N) is 4. The van der Waals surface area contributed by atoms with E-state index in [1.54, 1.807) is 0 Å². The van der Waals surface area contributed by atoms with Gasteiger partial charge < -0.3 is 23.2 Å². The number of hydrazone groups is 2. The number of nitrogens with zero attached hydrogens (tertiary/aromatic N) is 2. The molecule has 0 spiro atoms. The van der Waals surface area contributed by atoms with E-state index in [9.17, 15) is 25.9 Å². The van der Waals surface area contributed by atoms with Gasteiger partial charge in [0, 0.05) is 22.3 Å².